The summed E-state index contributed by atoms with van der Waals surface area (Å²) < 4.78 is 10.8. The van der Waals surface area contributed by atoms with Crippen LogP contribution in [0.3, 0.4) is 0 Å². The highest BCUT2D eigenvalue weighted by Gasteiger charge is 2.06. The fourth-order valence-corrected chi connectivity index (χ4v) is 2.39. The van der Waals surface area contributed by atoms with Gasteiger partial charge in [0, 0.05) is 18.9 Å². The minimum absolute atomic E-state index is 0.601. The first kappa shape index (κ1) is 16.8. The van der Waals surface area contributed by atoms with Crippen molar-refractivity contribution in [1.82, 2.24) is 30.4 Å². The average molecular weight is 340 g/mol. The summed E-state index contributed by atoms with van der Waals surface area (Å²) in [6, 6.07) is 5.77. The van der Waals surface area contributed by atoms with Gasteiger partial charge in [-0.05, 0) is 43.2 Å². The Morgan fingerprint density at radius 1 is 1.20 bits per heavy atom. The van der Waals surface area contributed by atoms with E-state index in [-0.39, 0.29) is 0 Å². The van der Waals surface area contributed by atoms with Gasteiger partial charge >= 0.3 is 0 Å². The number of aromatic nitrogens is 6. The first-order valence-corrected chi connectivity index (χ1v) is 8.06. The van der Waals surface area contributed by atoms with Crippen LogP contribution in [0.25, 0.3) is 11.8 Å². The van der Waals surface area contributed by atoms with Crippen molar-refractivity contribution in [2.75, 3.05) is 7.11 Å². The summed E-state index contributed by atoms with van der Waals surface area (Å²) in [4.78, 5) is 1.50. The number of benzene rings is 1. The molecule has 0 spiro atoms. The Bertz CT molecular complexity index is 868. The summed E-state index contributed by atoms with van der Waals surface area (Å²) in [7, 11) is 1.65. The van der Waals surface area contributed by atoms with Crippen molar-refractivity contribution in [2.24, 2.45) is 0 Å². The van der Waals surface area contributed by atoms with Gasteiger partial charge in [0.15, 0.2) is 5.82 Å². The fourth-order valence-electron chi connectivity index (χ4n) is 2.39. The third-order valence-electron chi connectivity index (χ3n) is 3.58. The molecule has 0 aliphatic rings. The third-order valence-corrected chi connectivity index (χ3v) is 3.58. The number of hydrogen-bond acceptors (Lipinski definition) is 7. The second kappa shape index (κ2) is 7.69. The molecule has 0 unspecified atom stereocenters. The number of allylic oxidation sites excluding steroid dienone is 1. The van der Waals surface area contributed by atoms with Crippen LogP contribution in [0.2, 0.25) is 0 Å². The topological polar surface area (TPSA) is 91.8 Å². The Labute approximate surface area is 145 Å². The van der Waals surface area contributed by atoms with Crippen molar-refractivity contribution in [1.29, 1.82) is 0 Å². The number of unbranched alkanes of at least 4 members (excludes halogenated alkanes) is 1. The Morgan fingerprint density at radius 2 is 2.08 bits per heavy atom. The molecule has 0 fully saturated rings. The van der Waals surface area contributed by atoms with Crippen LogP contribution in [-0.4, -0.2) is 37.5 Å². The molecular weight excluding hydrogens is 320 g/mol. The fraction of sp³-hybridized carbons (Fsp3) is 0.353. The first-order valence-electron chi connectivity index (χ1n) is 8.06. The predicted octanol–water partition coefficient (Wildman–Crippen LogP) is 2.71. The maximum Gasteiger partial charge on any atom is 0.216 e. The predicted molar refractivity (Wildman–Crippen MR) is 91.5 cm³/mol. The van der Waals surface area contributed by atoms with E-state index in [2.05, 4.69) is 31.7 Å². The maximum absolute atomic E-state index is 5.42. The van der Waals surface area contributed by atoms with Crippen molar-refractivity contribution < 1.29 is 9.15 Å². The number of nitrogens with zero attached hydrogens (tertiary/aromatic N) is 6. The minimum Gasteiger partial charge on any atom is -0.496 e. The largest absolute Gasteiger partial charge is 0.496 e. The molecule has 0 aliphatic heterocycles. The SMILES string of the molecule is COc1ccc(-n2nnc(C)n2)cc1/C=C/CCCc1nnc(C)o1. The van der Waals surface area contributed by atoms with Crippen molar-refractivity contribution in [3.63, 3.8) is 0 Å². The summed E-state index contributed by atoms with van der Waals surface area (Å²) in [5, 5.41) is 20.0. The number of ether oxygens (including phenoxy) is 1. The summed E-state index contributed by atoms with van der Waals surface area (Å²) in [5.41, 5.74) is 1.80. The van der Waals surface area contributed by atoms with E-state index in [1.807, 2.05) is 24.3 Å². The molecule has 0 saturated carbocycles. The Morgan fingerprint density at radius 3 is 2.76 bits per heavy atom. The van der Waals surface area contributed by atoms with Crippen molar-refractivity contribution in [2.45, 2.75) is 33.1 Å². The van der Waals surface area contributed by atoms with Gasteiger partial charge in [0.25, 0.3) is 0 Å². The molecule has 8 nitrogen and oxygen atoms in total. The molecule has 2 aromatic heterocycles. The van der Waals surface area contributed by atoms with Gasteiger partial charge in [-0.1, -0.05) is 12.2 Å². The van der Waals surface area contributed by atoms with E-state index in [0.29, 0.717) is 17.6 Å². The summed E-state index contributed by atoms with van der Waals surface area (Å²) in [6.07, 6.45) is 6.74. The lowest BCUT2D eigenvalue weighted by Crippen LogP contribution is -2.00. The lowest BCUT2D eigenvalue weighted by atomic mass is 10.1. The molecule has 3 rings (SSSR count). The monoisotopic (exact) mass is 340 g/mol. The van der Waals surface area contributed by atoms with Crippen LogP contribution in [0.15, 0.2) is 28.7 Å². The number of aryl methyl sites for hydroxylation is 3. The summed E-state index contributed by atoms with van der Waals surface area (Å²) in [6.45, 7) is 3.60. The molecule has 25 heavy (non-hydrogen) atoms. The molecule has 2 heterocycles. The smallest absolute Gasteiger partial charge is 0.216 e. The van der Waals surface area contributed by atoms with Gasteiger partial charge < -0.3 is 9.15 Å². The molecule has 130 valence electrons. The molecule has 0 atom stereocenters. The number of rotatable bonds is 7. The van der Waals surface area contributed by atoms with Gasteiger partial charge in [0.1, 0.15) is 5.75 Å². The molecular formula is C17H20N6O2. The molecule has 0 saturated heterocycles. The van der Waals surface area contributed by atoms with Crippen LogP contribution in [0.4, 0.5) is 0 Å². The van der Waals surface area contributed by atoms with Gasteiger partial charge in [0.2, 0.25) is 11.8 Å². The molecule has 0 bridgehead atoms. The number of hydrogen-bond donors (Lipinski definition) is 0. The van der Waals surface area contributed by atoms with Gasteiger partial charge in [-0.15, -0.1) is 25.2 Å². The van der Waals surface area contributed by atoms with E-state index in [1.54, 1.807) is 21.0 Å². The minimum atomic E-state index is 0.601. The van der Waals surface area contributed by atoms with E-state index in [1.165, 1.54) is 4.80 Å². The van der Waals surface area contributed by atoms with Crippen LogP contribution >= 0.6 is 0 Å². The van der Waals surface area contributed by atoms with Crippen LogP contribution in [0.5, 0.6) is 5.75 Å². The maximum atomic E-state index is 5.42. The van der Waals surface area contributed by atoms with Gasteiger partial charge in [0.05, 0.1) is 12.8 Å². The molecule has 0 radical (unpaired) electrons. The molecule has 0 amide bonds. The zero-order valence-electron chi connectivity index (χ0n) is 14.5. The zero-order chi connectivity index (χ0) is 17.6. The van der Waals surface area contributed by atoms with E-state index in [9.17, 15) is 0 Å². The van der Waals surface area contributed by atoms with E-state index < -0.39 is 0 Å². The zero-order valence-corrected chi connectivity index (χ0v) is 14.5. The van der Waals surface area contributed by atoms with Crippen LogP contribution in [0.1, 0.15) is 36.0 Å². The standard InChI is InChI=1S/C17H20N6O2/c1-12-18-22-23(21-12)15-9-10-16(24-3)14(11-15)7-5-4-6-8-17-20-19-13(2)25-17/h5,7,9-11H,4,6,8H2,1-3H3/b7-5+. The number of tetrazole rings is 1. The normalized spacial score (nSPS) is 11.3. The first-order chi connectivity index (χ1) is 12.2. The molecule has 0 N–H and O–H groups in total. The van der Waals surface area contributed by atoms with Gasteiger partial charge in [-0.2, -0.15) is 0 Å². The van der Waals surface area contributed by atoms with Crippen LogP contribution in [0, 0.1) is 13.8 Å². The molecule has 3 aromatic rings. The van der Waals surface area contributed by atoms with Crippen LogP contribution < -0.4 is 4.74 Å². The lowest BCUT2D eigenvalue weighted by Gasteiger charge is -2.07. The Kier molecular flexibility index (Phi) is 5.17. The van der Waals surface area contributed by atoms with Crippen LogP contribution in [-0.2, 0) is 6.42 Å². The third kappa shape index (κ3) is 4.28. The summed E-state index contributed by atoms with van der Waals surface area (Å²) >= 11 is 0. The van der Waals surface area contributed by atoms with Crippen molar-refractivity contribution in [3.8, 4) is 11.4 Å². The van der Waals surface area contributed by atoms with E-state index in [4.69, 9.17) is 9.15 Å². The van der Waals surface area contributed by atoms with Gasteiger partial charge in [-0.3, -0.25) is 0 Å². The quantitative estimate of drug-likeness (QED) is 0.611. The Hall–Kier alpha value is -3.03. The van der Waals surface area contributed by atoms with E-state index in [0.717, 1.165) is 36.3 Å². The molecule has 1 aromatic carbocycles. The summed E-state index contributed by atoms with van der Waals surface area (Å²) in [5.74, 6) is 2.70. The van der Waals surface area contributed by atoms with Crippen molar-refractivity contribution >= 4 is 6.08 Å². The highest BCUT2D eigenvalue weighted by molar-refractivity contribution is 5.60. The van der Waals surface area contributed by atoms with Gasteiger partial charge in [-0.25, -0.2) is 0 Å². The molecule has 8 heteroatoms. The Balaban J connectivity index is 1.65. The highest BCUT2D eigenvalue weighted by Crippen LogP contribution is 2.23. The molecule has 0 aliphatic carbocycles. The highest BCUT2D eigenvalue weighted by atomic mass is 16.5. The lowest BCUT2D eigenvalue weighted by molar-refractivity contribution is 0.413. The van der Waals surface area contributed by atoms with E-state index >= 15 is 0 Å². The average Bonchev–Trinajstić information content (AvgIpc) is 3.23. The van der Waals surface area contributed by atoms with Crippen molar-refractivity contribution in [3.05, 3.63) is 47.4 Å². The second-order valence-corrected chi connectivity index (χ2v) is 5.56. The second-order valence-electron chi connectivity index (χ2n) is 5.56. The number of methoxy groups -OCH3 is 1.